The lowest BCUT2D eigenvalue weighted by molar-refractivity contribution is 0.275. The summed E-state index contributed by atoms with van der Waals surface area (Å²) in [5, 5.41) is 0.738. The molecule has 0 saturated heterocycles. The molecule has 15 heavy (non-hydrogen) atoms. The second-order valence-electron chi connectivity index (χ2n) is 4.46. The second-order valence-corrected chi connectivity index (χ2v) is 4.87. The van der Waals surface area contributed by atoms with Gasteiger partial charge >= 0.3 is 0 Å². The molecule has 1 fully saturated rings. The molecule has 1 aromatic heterocycles. The smallest absolute Gasteiger partial charge is 0.0621 e. The number of rotatable bonds is 4. The highest BCUT2D eigenvalue weighted by molar-refractivity contribution is 6.31. The fourth-order valence-corrected chi connectivity index (χ4v) is 2.29. The molecule has 1 unspecified atom stereocenters. The molecule has 1 aliphatic carbocycles. The minimum atomic E-state index is 0.246. The van der Waals surface area contributed by atoms with Gasteiger partial charge in [0.05, 0.1) is 5.02 Å². The lowest BCUT2D eigenvalue weighted by atomic mass is 9.80. The van der Waals surface area contributed by atoms with E-state index in [9.17, 15) is 0 Å². The summed E-state index contributed by atoms with van der Waals surface area (Å²) >= 11 is 6.03. The zero-order chi connectivity index (χ0) is 10.7. The van der Waals surface area contributed by atoms with E-state index in [4.69, 9.17) is 17.3 Å². The van der Waals surface area contributed by atoms with Crippen molar-refractivity contribution >= 4 is 11.6 Å². The molecule has 82 valence electrons. The van der Waals surface area contributed by atoms with Gasteiger partial charge in [-0.3, -0.25) is 4.98 Å². The average molecular weight is 225 g/mol. The Labute approximate surface area is 95.8 Å². The third-order valence-electron chi connectivity index (χ3n) is 3.20. The molecule has 1 aliphatic rings. The first kappa shape index (κ1) is 10.9. The summed E-state index contributed by atoms with van der Waals surface area (Å²) in [6.45, 7) is 0. The van der Waals surface area contributed by atoms with Gasteiger partial charge in [-0.25, -0.2) is 0 Å². The van der Waals surface area contributed by atoms with Crippen LogP contribution in [0, 0.1) is 5.92 Å². The molecule has 2 N–H and O–H groups in total. The van der Waals surface area contributed by atoms with E-state index >= 15 is 0 Å². The van der Waals surface area contributed by atoms with Crippen LogP contribution in [0.15, 0.2) is 18.5 Å². The van der Waals surface area contributed by atoms with Gasteiger partial charge in [0.2, 0.25) is 0 Å². The first-order valence-corrected chi connectivity index (χ1v) is 5.97. The predicted molar refractivity (Wildman–Crippen MR) is 62.9 cm³/mol. The summed E-state index contributed by atoms with van der Waals surface area (Å²) in [6.07, 6.45) is 9.57. The normalized spacial score (nSPS) is 18.5. The largest absolute Gasteiger partial charge is 0.327 e. The van der Waals surface area contributed by atoms with Gasteiger partial charge in [0.1, 0.15) is 0 Å². The molecule has 1 atom stereocenters. The van der Waals surface area contributed by atoms with Crippen LogP contribution in [-0.4, -0.2) is 11.0 Å². The first-order chi connectivity index (χ1) is 7.25. The summed E-state index contributed by atoms with van der Waals surface area (Å²) in [6, 6.07) is 2.21. The van der Waals surface area contributed by atoms with Crippen LogP contribution in [0.4, 0.5) is 0 Å². The third kappa shape index (κ3) is 2.93. The van der Waals surface area contributed by atoms with Gasteiger partial charge in [0, 0.05) is 18.4 Å². The van der Waals surface area contributed by atoms with E-state index in [0.29, 0.717) is 0 Å². The van der Waals surface area contributed by atoms with Crippen molar-refractivity contribution in [1.82, 2.24) is 4.98 Å². The number of aromatic nitrogens is 1. The fourth-order valence-electron chi connectivity index (χ4n) is 2.09. The standard InChI is InChI=1S/C12H17ClN2/c13-12-8-15-5-4-10(12)7-11(14)6-9-2-1-3-9/h4-5,8-9,11H,1-3,6-7,14H2. The van der Waals surface area contributed by atoms with Crippen molar-refractivity contribution in [1.29, 1.82) is 0 Å². The Hall–Kier alpha value is -0.600. The number of halogens is 1. The molecule has 0 aromatic carbocycles. The van der Waals surface area contributed by atoms with E-state index < -0.39 is 0 Å². The minimum Gasteiger partial charge on any atom is -0.327 e. The number of pyridine rings is 1. The molecular formula is C12H17ClN2. The number of nitrogens with two attached hydrogens (primary N) is 1. The van der Waals surface area contributed by atoms with Crippen molar-refractivity contribution in [2.24, 2.45) is 11.7 Å². The Morgan fingerprint density at radius 1 is 1.53 bits per heavy atom. The van der Waals surface area contributed by atoms with Gasteiger partial charge in [0.15, 0.2) is 0 Å². The molecule has 1 saturated carbocycles. The van der Waals surface area contributed by atoms with E-state index in [1.165, 1.54) is 19.3 Å². The topological polar surface area (TPSA) is 38.9 Å². The highest BCUT2D eigenvalue weighted by Gasteiger charge is 2.20. The fraction of sp³-hybridized carbons (Fsp3) is 0.583. The molecule has 3 heteroatoms. The predicted octanol–water partition coefficient (Wildman–Crippen LogP) is 2.80. The SMILES string of the molecule is NC(Cc1ccncc1Cl)CC1CCC1. The lowest BCUT2D eigenvalue weighted by Crippen LogP contribution is -2.28. The van der Waals surface area contributed by atoms with Crippen LogP contribution in [0.2, 0.25) is 5.02 Å². The van der Waals surface area contributed by atoms with Crippen LogP contribution >= 0.6 is 11.6 Å². The quantitative estimate of drug-likeness (QED) is 0.854. The van der Waals surface area contributed by atoms with Crippen LogP contribution in [0.25, 0.3) is 0 Å². The first-order valence-electron chi connectivity index (χ1n) is 5.59. The zero-order valence-electron chi connectivity index (χ0n) is 8.82. The molecule has 1 aromatic rings. The maximum Gasteiger partial charge on any atom is 0.0621 e. The summed E-state index contributed by atoms with van der Waals surface area (Å²) < 4.78 is 0. The molecule has 0 spiro atoms. The van der Waals surface area contributed by atoms with E-state index in [1.807, 2.05) is 6.07 Å². The van der Waals surface area contributed by atoms with E-state index in [-0.39, 0.29) is 6.04 Å². The highest BCUT2D eigenvalue weighted by atomic mass is 35.5. The third-order valence-corrected chi connectivity index (χ3v) is 3.54. The lowest BCUT2D eigenvalue weighted by Gasteiger charge is -2.28. The Bertz CT molecular complexity index is 323. The molecular weight excluding hydrogens is 208 g/mol. The Kier molecular flexibility index (Phi) is 3.60. The van der Waals surface area contributed by atoms with Crippen molar-refractivity contribution in [3.63, 3.8) is 0 Å². The van der Waals surface area contributed by atoms with E-state index in [1.54, 1.807) is 12.4 Å². The summed E-state index contributed by atoms with van der Waals surface area (Å²) in [4.78, 5) is 3.97. The Morgan fingerprint density at radius 2 is 2.33 bits per heavy atom. The van der Waals surface area contributed by atoms with E-state index in [0.717, 1.165) is 29.3 Å². The summed E-state index contributed by atoms with van der Waals surface area (Å²) in [5.41, 5.74) is 7.23. The Balaban J connectivity index is 1.87. The summed E-state index contributed by atoms with van der Waals surface area (Å²) in [7, 11) is 0. The van der Waals surface area contributed by atoms with Crippen LogP contribution < -0.4 is 5.73 Å². The number of hydrogen-bond acceptors (Lipinski definition) is 2. The highest BCUT2D eigenvalue weighted by Crippen LogP contribution is 2.30. The van der Waals surface area contributed by atoms with E-state index in [2.05, 4.69) is 4.98 Å². The van der Waals surface area contributed by atoms with Crippen LogP contribution in [0.1, 0.15) is 31.2 Å². The van der Waals surface area contributed by atoms with Crippen molar-refractivity contribution in [2.75, 3.05) is 0 Å². The molecule has 0 amide bonds. The van der Waals surface area contributed by atoms with Gasteiger partial charge < -0.3 is 5.73 Å². The molecule has 1 heterocycles. The van der Waals surface area contributed by atoms with Crippen LogP contribution in [0.3, 0.4) is 0 Å². The van der Waals surface area contributed by atoms with Gasteiger partial charge in [-0.2, -0.15) is 0 Å². The van der Waals surface area contributed by atoms with Crippen molar-refractivity contribution in [3.8, 4) is 0 Å². The summed E-state index contributed by atoms with van der Waals surface area (Å²) in [5.74, 6) is 0.862. The molecule has 2 rings (SSSR count). The molecule has 2 nitrogen and oxygen atoms in total. The second kappa shape index (κ2) is 4.95. The Morgan fingerprint density at radius 3 is 2.93 bits per heavy atom. The van der Waals surface area contributed by atoms with Crippen LogP contribution in [-0.2, 0) is 6.42 Å². The molecule has 0 radical (unpaired) electrons. The maximum absolute atomic E-state index is 6.11. The van der Waals surface area contributed by atoms with Gasteiger partial charge in [-0.15, -0.1) is 0 Å². The van der Waals surface area contributed by atoms with Crippen LogP contribution in [0.5, 0.6) is 0 Å². The monoisotopic (exact) mass is 224 g/mol. The number of nitrogens with zero attached hydrogens (tertiary/aromatic N) is 1. The van der Waals surface area contributed by atoms with Crippen molar-refractivity contribution in [2.45, 2.75) is 38.1 Å². The average Bonchev–Trinajstić information content (AvgIpc) is 2.16. The number of hydrogen-bond donors (Lipinski definition) is 1. The van der Waals surface area contributed by atoms with Gasteiger partial charge in [-0.05, 0) is 30.4 Å². The molecule has 0 bridgehead atoms. The van der Waals surface area contributed by atoms with Crippen molar-refractivity contribution in [3.05, 3.63) is 29.0 Å². The van der Waals surface area contributed by atoms with Gasteiger partial charge in [-0.1, -0.05) is 30.9 Å². The van der Waals surface area contributed by atoms with Gasteiger partial charge in [0.25, 0.3) is 0 Å². The maximum atomic E-state index is 6.11. The zero-order valence-corrected chi connectivity index (χ0v) is 9.58. The molecule has 0 aliphatic heterocycles. The van der Waals surface area contributed by atoms with Crippen molar-refractivity contribution < 1.29 is 0 Å². The minimum absolute atomic E-state index is 0.246.